The molecule has 1 aromatic rings. The number of rotatable bonds is 8. The molecule has 0 bridgehead atoms. The van der Waals surface area contributed by atoms with Gasteiger partial charge in [-0.2, -0.15) is 4.98 Å². The molecule has 126 valence electrons. The van der Waals surface area contributed by atoms with Gasteiger partial charge in [0, 0.05) is 19.6 Å². The monoisotopic (exact) mass is 332 g/mol. The molecule has 8 heteroatoms. The zero-order chi connectivity index (χ0) is 15.4. The van der Waals surface area contributed by atoms with Crippen LogP contribution >= 0.6 is 12.4 Å². The van der Waals surface area contributed by atoms with Crippen LogP contribution in [0.2, 0.25) is 0 Å². The summed E-state index contributed by atoms with van der Waals surface area (Å²) in [7, 11) is 1.55. The Morgan fingerprint density at radius 2 is 2.18 bits per heavy atom. The Balaban J connectivity index is 0.00000242. The number of nitrogens with zero attached hydrogens (tertiary/aromatic N) is 2. The molecule has 7 nitrogen and oxygen atoms in total. The predicted molar refractivity (Wildman–Crippen MR) is 83.7 cm³/mol. The molecule has 1 aliphatic carbocycles. The second kappa shape index (κ2) is 8.45. The van der Waals surface area contributed by atoms with E-state index in [0.717, 1.165) is 18.7 Å². The fourth-order valence-electron chi connectivity index (χ4n) is 2.10. The van der Waals surface area contributed by atoms with Crippen molar-refractivity contribution in [2.24, 2.45) is 11.7 Å². The minimum Gasteiger partial charge on any atom is -0.380 e. The van der Waals surface area contributed by atoms with Gasteiger partial charge in [-0.25, -0.2) is 0 Å². The first-order chi connectivity index (χ1) is 10.0. The number of hydrogen-bond donors (Lipinski definition) is 2. The largest absolute Gasteiger partial charge is 0.380 e. The second-order valence-corrected chi connectivity index (χ2v) is 5.85. The van der Waals surface area contributed by atoms with Gasteiger partial charge in [-0.1, -0.05) is 19.0 Å². The molecule has 1 amide bonds. The van der Waals surface area contributed by atoms with E-state index in [2.05, 4.69) is 15.5 Å². The van der Waals surface area contributed by atoms with E-state index in [1.54, 1.807) is 7.11 Å². The number of carbonyl (C=O) groups excluding carboxylic acids is 1. The average molecular weight is 333 g/mol. The number of nitrogens with two attached hydrogens (primary N) is 1. The summed E-state index contributed by atoms with van der Waals surface area (Å²) in [4.78, 5) is 16.5. The Hall–Kier alpha value is -1.18. The topological polar surface area (TPSA) is 103 Å². The Kier molecular flexibility index (Phi) is 7.25. The maximum atomic E-state index is 12.1. The molecule has 1 saturated carbocycles. The maximum Gasteiger partial charge on any atom is 0.249 e. The Bertz CT molecular complexity index is 472. The first-order valence-electron chi connectivity index (χ1n) is 7.40. The van der Waals surface area contributed by atoms with E-state index in [0.29, 0.717) is 18.4 Å². The van der Waals surface area contributed by atoms with Gasteiger partial charge in [0.1, 0.15) is 6.04 Å². The van der Waals surface area contributed by atoms with Gasteiger partial charge in [0.05, 0.1) is 12.5 Å². The molecule has 1 heterocycles. The number of amides is 1. The molecule has 0 radical (unpaired) electrons. The molecule has 22 heavy (non-hydrogen) atoms. The Morgan fingerprint density at radius 1 is 1.50 bits per heavy atom. The van der Waals surface area contributed by atoms with Crippen LogP contribution in [0.15, 0.2) is 4.52 Å². The third-order valence-corrected chi connectivity index (χ3v) is 3.66. The minimum absolute atomic E-state index is 0. The standard InChI is InChI=1S/C14H24N4O3.ClH/c1-8(2)12(16-11(19)6-10(7-15)20-3)14-17-13(18-21-14)9-4-5-9;/h8-10,12H,4-7,15H2,1-3H3,(H,16,19);1H. The van der Waals surface area contributed by atoms with Crippen molar-refractivity contribution in [3.63, 3.8) is 0 Å². The highest BCUT2D eigenvalue weighted by Crippen LogP contribution is 2.38. The van der Waals surface area contributed by atoms with E-state index >= 15 is 0 Å². The zero-order valence-electron chi connectivity index (χ0n) is 13.2. The van der Waals surface area contributed by atoms with E-state index < -0.39 is 0 Å². The van der Waals surface area contributed by atoms with E-state index in [1.165, 1.54) is 0 Å². The number of hydrogen-bond acceptors (Lipinski definition) is 6. The normalized spacial score (nSPS) is 17.0. The molecule has 2 rings (SSSR count). The maximum absolute atomic E-state index is 12.1. The van der Waals surface area contributed by atoms with Crippen LogP contribution in [0.4, 0.5) is 0 Å². The summed E-state index contributed by atoms with van der Waals surface area (Å²) in [5.41, 5.74) is 5.53. The third kappa shape index (κ3) is 4.93. The van der Waals surface area contributed by atoms with Crippen LogP contribution in [0.1, 0.15) is 56.8 Å². The van der Waals surface area contributed by atoms with Crippen LogP contribution in [0, 0.1) is 5.92 Å². The van der Waals surface area contributed by atoms with Gasteiger partial charge in [-0.05, 0) is 18.8 Å². The Labute approximate surface area is 136 Å². The lowest BCUT2D eigenvalue weighted by atomic mass is 10.0. The molecule has 1 fully saturated rings. The van der Waals surface area contributed by atoms with Gasteiger partial charge in [0.2, 0.25) is 11.8 Å². The van der Waals surface area contributed by atoms with Gasteiger partial charge >= 0.3 is 0 Å². The molecule has 2 unspecified atom stereocenters. The van der Waals surface area contributed by atoms with Crippen molar-refractivity contribution >= 4 is 18.3 Å². The molecule has 0 saturated heterocycles. The molecule has 0 spiro atoms. The molecule has 3 N–H and O–H groups in total. The summed E-state index contributed by atoms with van der Waals surface area (Å²) in [6, 6.07) is -0.284. The summed E-state index contributed by atoms with van der Waals surface area (Å²) in [5.74, 6) is 1.68. The minimum atomic E-state index is -0.284. The number of aromatic nitrogens is 2. The SMILES string of the molecule is COC(CN)CC(=O)NC(c1nc(C2CC2)no1)C(C)C.Cl. The molecule has 1 aromatic heterocycles. The quantitative estimate of drug-likeness (QED) is 0.748. The van der Waals surface area contributed by atoms with Gasteiger partial charge in [0.25, 0.3) is 0 Å². The first-order valence-corrected chi connectivity index (χ1v) is 7.40. The molecule has 0 aliphatic heterocycles. The summed E-state index contributed by atoms with van der Waals surface area (Å²) < 4.78 is 10.4. The van der Waals surface area contributed by atoms with Crippen LogP contribution in [0.25, 0.3) is 0 Å². The molecule has 1 aliphatic rings. The van der Waals surface area contributed by atoms with Crippen molar-refractivity contribution in [1.82, 2.24) is 15.5 Å². The lowest BCUT2D eigenvalue weighted by Crippen LogP contribution is -2.36. The van der Waals surface area contributed by atoms with Crippen LogP contribution in [0.3, 0.4) is 0 Å². The van der Waals surface area contributed by atoms with Gasteiger partial charge in [-0.15, -0.1) is 12.4 Å². The van der Waals surface area contributed by atoms with Crippen molar-refractivity contribution in [3.05, 3.63) is 11.7 Å². The van der Waals surface area contributed by atoms with Crippen molar-refractivity contribution in [3.8, 4) is 0 Å². The van der Waals surface area contributed by atoms with Gasteiger partial charge in [-0.3, -0.25) is 4.79 Å². The summed E-state index contributed by atoms with van der Waals surface area (Å²) in [6.45, 7) is 4.31. The van der Waals surface area contributed by atoms with Crippen LogP contribution in [0.5, 0.6) is 0 Å². The van der Waals surface area contributed by atoms with Crippen molar-refractivity contribution in [2.75, 3.05) is 13.7 Å². The number of carbonyl (C=O) groups is 1. The smallest absolute Gasteiger partial charge is 0.249 e. The van der Waals surface area contributed by atoms with Crippen molar-refractivity contribution in [2.45, 2.75) is 51.2 Å². The Morgan fingerprint density at radius 3 is 2.68 bits per heavy atom. The van der Waals surface area contributed by atoms with Gasteiger partial charge in [0.15, 0.2) is 5.82 Å². The zero-order valence-corrected chi connectivity index (χ0v) is 14.1. The van der Waals surface area contributed by atoms with E-state index in [-0.39, 0.29) is 42.8 Å². The highest BCUT2D eigenvalue weighted by molar-refractivity contribution is 5.85. The highest BCUT2D eigenvalue weighted by Gasteiger charge is 2.31. The summed E-state index contributed by atoms with van der Waals surface area (Å²) >= 11 is 0. The fraction of sp³-hybridized carbons (Fsp3) is 0.786. The molecule has 2 atom stereocenters. The van der Waals surface area contributed by atoms with Crippen LogP contribution < -0.4 is 11.1 Å². The van der Waals surface area contributed by atoms with Gasteiger partial charge < -0.3 is 20.3 Å². The summed E-state index contributed by atoms with van der Waals surface area (Å²) in [5, 5.41) is 6.93. The molecular weight excluding hydrogens is 308 g/mol. The van der Waals surface area contributed by atoms with Crippen LogP contribution in [-0.2, 0) is 9.53 Å². The number of methoxy groups -OCH3 is 1. The number of halogens is 1. The van der Waals surface area contributed by atoms with E-state index in [1.807, 2.05) is 13.8 Å². The second-order valence-electron chi connectivity index (χ2n) is 5.85. The predicted octanol–water partition coefficient (Wildman–Crippen LogP) is 1.55. The van der Waals surface area contributed by atoms with Crippen LogP contribution in [-0.4, -0.2) is 35.8 Å². The number of ether oxygens (including phenoxy) is 1. The average Bonchev–Trinajstić information content (AvgIpc) is 3.20. The fourth-order valence-corrected chi connectivity index (χ4v) is 2.10. The van der Waals surface area contributed by atoms with E-state index in [9.17, 15) is 4.79 Å². The highest BCUT2D eigenvalue weighted by atomic mass is 35.5. The van der Waals surface area contributed by atoms with E-state index in [4.69, 9.17) is 15.0 Å². The molecule has 0 aromatic carbocycles. The third-order valence-electron chi connectivity index (χ3n) is 3.66. The lowest BCUT2D eigenvalue weighted by molar-refractivity contribution is -0.124. The first kappa shape index (κ1) is 18.9. The van der Waals surface area contributed by atoms with Crippen molar-refractivity contribution in [1.29, 1.82) is 0 Å². The summed E-state index contributed by atoms with van der Waals surface area (Å²) in [6.07, 6.45) is 2.18. The van der Waals surface area contributed by atoms with Crippen molar-refractivity contribution < 1.29 is 14.1 Å². The number of nitrogens with one attached hydrogen (secondary N) is 1. The lowest BCUT2D eigenvalue weighted by Gasteiger charge is -2.20. The molecular formula is C14H25ClN4O3.